The molecule has 2 unspecified atom stereocenters. The standard InChI is InChI=1S/C36H39Cl2FIN5O4S/c1-20-25-18-28(21(2)43(6)34(46)48-15-16-50-40)45(23-12-14-44(19-23)35(47)49-36(3,4)5)33(25)26-17-22(9-8-13-41)29(31(39)32(26)42-20)24-10-7-11-27(37)30(24)38/h7,10-11,17-18,21,23H,8-9,12,14-16,19H2,1-6H3. The zero-order valence-electron chi connectivity index (χ0n) is 28.8. The number of benzene rings is 2. The molecule has 2 amide bonds. The Morgan fingerprint density at radius 3 is 2.68 bits per heavy atom. The molecule has 0 bridgehead atoms. The molecule has 0 spiro atoms. The van der Waals surface area contributed by atoms with Crippen LogP contribution in [0.15, 0.2) is 30.3 Å². The minimum Gasteiger partial charge on any atom is -0.448 e. The summed E-state index contributed by atoms with van der Waals surface area (Å²) in [6.07, 6.45) is 0.149. The van der Waals surface area contributed by atoms with E-state index in [1.807, 2.05) is 46.8 Å². The van der Waals surface area contributed by atoms with Gasteiger partial charge in [-0.25, -0.2) is 19.0 Å². The average Bonchev–Trinajstić information content (AvgIpc) is 3.71. The fourth-order valence-corrected chi connectivity index (χ4v) is 7.54. The second kappa shape index (κ2) is 15.7. The van der Waals surface area contributed by atoms with Crippen LogP contribution in [0.3, 0.4) is 0 Å². The Balaban J connectivity index is 1.76. The normalized spacial score (nSPS) is 15.4. The Kier molecular flexibility index (Phi) is 12.0. The number of aryl methyl sites for hydroxylation is 2. The van der Waals surface area contributed by atoms with Crippen molar-refractivity contribution in [1.29, 1.82) is 5.26 Å². The minimum atomic E-state index is -0.659. The summed E-state index contributed by atoms with van der Waals surface area (Å²) < 4.78 is 30.4. The van der Waals surface area contributed by atoms with E-state index in [0.29, 0.717) is 47.5 Å². The molecular weight excluding hydrogens is 815 g/mol. The zero-order chi connectivity index (χ0) is 36.5. The number of halogens is 4. The van der Waals surface area contributed by atoms with Crippen molar-refractivity contribution in [2.24, 2.45) is 0 Å². The second-order valence-corrected chi connectivity index (χ2v) is 16.6. The number of pyridine rings is 1. The van der Waals surface area contributed by atoms with Gasteiger partial charge in [0.15, 0.2) is 5.82 Å². The highest BCUT2D eigenvalue weighted by Gasteiger charge is 2.35. The predicted molar refractivity (Wildman–Crippen MR) is 207 cm³/mol. The fourth-order valence-electron chi connectivity index (χ4n) is 6.46. The summed E-state index contributed by atoms with van der Waals surface area (Å²) in [4.78, 5) is 34.4. The molecule has 2 aromatic carbocycles. The van der Waals surface area contributed by atoms with Gasteiger partial charge in [-0.15, -0.1) is 0 Å². The largest absolute Gasteiger partial charge is 0.448 e. The highest BCUT2D eigenvalue weighted by atomic mass is 127. The molecule has 3 heterocycles. The quantitative estimate of drug-likeness (QED) is 0.122. The summed E-state index contributed by atoms with van der Waals surface area (Å²) in [7, 11) is 3.25. The highest BCUT2D eigenvalue weighted by Crippen LogP contribution is 2.44. The average molecular weight is 855 g/mol. The maximum absolute atomic E-state index is 17.0. The first-order chi connectivity index (χ1) is 23.7. The first-order valence-electron chi connectivity index (χ1n) is 16.3. The van der Waals surface area contributed by atoms with E-state index >= 15 is 4.39 Å². The van der Waals surface area contributed by atoms with E-state index < -0.39 is 29.6 Å². The molecule has 1 aliphatic heterocycles. The Morgan fingerprint density at radius 1 is 1.26 bits per heavy atom. The van der Waals surface area contributed by atoms with Gasteiger partial charge in [0, 0.05) is 65.6 Å². The topological polar surface area (TPSA) is 101 Å². The van der Waals surface area contributed by atoms with Crippen LogP contribution in [0.4, 0.5) is 14.0 Å². The van der Waals surface area contributed by atoms with Gasteiger partial charge in [0.1, 0.15) is 17.7 Å². The molecule has 2 atom stereocenters. The van der Waals surface area contributed by atoms with E-state index in [4.69, 9.17) is 37.7 Å². The molecule has 2 aromatic heterocycles. The van der Waals surface area contributed by atoms with Gasteiger partial charge in [0.05, 0.1) is 33.7 Å². The molecule has 5 rings (SSSR count). The number of likely N-dealkylation sites (tertiary alicyclic amines) is 1. The Morgan fingerprint density at radius 2 is 2.00 bits per heavy atom. The van der Waals surface area contributed by atoms with Crippen LogP contribution in [0, 0.1) is 24.1 Å². The third kappa shape index (κ3) is 7.76. The number of fused-ring (bicyclic) bond motifs is 3. The molecule has 1 saturated heterocycles. The molecule has 0 aliphatic carbocycles. The SMILES string of the molecule is Cc1nc2c(F)c(-c3cccc(Cl)c3Cl)c(CCC#N)cc2c2c1cc(C(C)N(C)C(=O)OCCSI)n2C1CCN(C(=O)OC(C)(C)C)C1. The molecular formula is C36H39Cl2FIN5O4S. The molecule has 9 nitrogen and oxygen atoms in total. The second-order valence-electron chi connectivity index (χ2n) is 13.4. The molecule has 4 aromatic rings. The molecule has 266 valence electrons. The first-order valence-corrected chi connectivity index (χ1v) is 20.6. The van der Waals surface area contributed by atoms with Crippen LogP contribution in [0.25, 0.3) is 32.9 Å². The van der Waals surface area contributed by atoms with E-state index in [1.165, 1.54) is 0 Å². The van der Waals surface area contributed by atoms with Crippen LogP contribution in [-0.4, -0.2) is 69.6 Å². The maximum atomic E-state index is 17.0. The third-order valence-corrected chi connectivity index (χ3v) is 11.4. The molecule has 1 fully saturated rings. The molecule has 1 aliphatic rings. The summed E-state index contributed by atoms with van der Waals surface area (Å²) in [6.45, 7) is 10.3. The summed E-state index contributed by atoms with van der Waals surface area (Å²) >= 11 is 15.2. The maximum Gasteiger partial charge on any atom is 0.410 e. The molecule has 14 heteroatoms. The minimum absolute atomic E-state index is 0.145. The van der Waals surface area contributed by atoms with Crippen molar-refractivity contribution >= 4 is 87.3 Å². The van der Waals surface area contributed by atoms with Gasteiger partial charge < -0.3 is 23.8 Å². The molecule has 50 heavy (non-hydrogen) atoms. The van der Waals surface area contributed by atoms with E-state index in [2.05, 4.69) is 31.8 Å². The Labute approximate surface area is 317 Å². The number of amides is 2. The predicted octanol–water partition coefficient (Wildman–Crippen LogP) is 10.5. The van der Waals surface area contributed by atoms with Gasteiger partial charge in [0.2, 0.25) is 0 Å². The number of nitrogens with zero attached hydrogens (tertiary/aromatic N) is 5. The van der Waals surface area contributed by atoms with Crippen LogP contribution in [-0.2, 0) is 15.9 Å². The van der Waals surface area contributed by atoms with E-state index in [0.717, 1.165) is 16.6 Å². The van der Waals surface area contributed by atoms with Gasteiger partial charge in [-0.1, -0.05) is 44.3 Å². The Bertz CT molecular complexity index is 2000. The first kappa shape index (κ1) is 38.2. The van der Waals surface area contributed by atoms with Crippen molar-refractivity contribution in [2.45, 2.75) is 71.6 Å². The van der Waals surface area contributed by atoms with Gasteiger partial charge >= 0.3 is 12.2 Å². The number of hydrogen-bond donors (Lipinski definition) is 0. The summed E-state index contributed by atoms with van der Waals surface area (Å²) in [6, 6.07) is 10.4. The number of nitriles is 1. The number of carbonyl (C=O) groups is 2. The fraction of sp³-hybridized carbons (Fsp3) is 0.444. The van der Waals surface area contributed by atoms with E-state index in [9.17, 15) is 14.9 Å². The highest BCUT2D eigenvalue weighted by molar-refractivity contribution is 14.2. The number of carbonyl (C=O) groups excluding carboxylic acids is 2. The lowest BCUT2D eigenvalue weighted by atomic mass is 9.93. The van der Waals surface area contributed by atoms with E-state index in [-0.39, 0.29) is 46.6 Å². The zero-order valence-corrected chi connectivity index (χ0v) is 33.3. The van der Waals surface area contributed by atoms with Crippen LogP contribution in [0.5, 0.6) is 0 Å². The van der Waals surface area contributed by atoms with Gasteiger partial charge in [-0.05, 0) is 92.4 Å². The van der Waals surface area contributed by atoms with Crippen LogP contribution >= 0.6 is 53.3 Å². The van der Waals surface area contributed by atoms with Gasteiger partial charge in [0.25, 0.3) is 0 Å². The van der Waals surface area contributed by atoms with Crippen LogP contribution < -0.4 is 0 Å². The summed E-state index contributed by atoms with van der Waals surface area (Å²) in [5.74, 6) is 0.0959. The van der Waals surface area contributed by atoms with Crippen molar-refractivity contribution in [3.05, 3.63) is 63.1 Å². The molecule has 0 radical (unpaired) electrons. The van der Waals surface area contributed by atoms with Crippen LogP contribution in [0.2, 0.25) is 10.0 Å². The number of aromatic nitrogens is 2. The summed E-state index contributed by atoms with van der Waals surface area (Å²) in [5.41, 5.74) is 2.86. The van der Waals surface area contributed by atoms with Crippen molar-refractivity contribution in [2.75, 3.05) is 32.5 Å². The van der Waals surface area contributed by atoms with Crippen molar-refractivity contribution < 1.29 is 23.5 Å². The summed E-state index contributed by atoms with van der Waals surface area (Å²) in [5, 5.41) is 11.4. The smallest absolute Gasteiger partial charge is 0.410 e. The number of rotatable bonds is 9. The van der Waals surface area contributed by atoms with Crippen LogP contribution in [0.1, 0.15) is 69.6 Å². The number of hydrogen-bond acceptors (Lipinski definition) is 7. The van der Waals surface area contributed by atoms with Crippen molar-refractivity contribution in [3.8, 4) is 17.2 Å². The van der Waals surface area contributed by atoms with Crippen molar-refractivity contribution in [1.82, 2.24) is 19.4 Å². The third-order valence-electron chi connectivity index (χ3n) is 8.90. The molecule has 0 saturated carbocycles. The monoisotopic (exact) mass is 853 g/mol. The lowest BCUT2D eigenvalue weighted by Crippen LogP contribution is -2.36. The van der Waals surface area contributed by atoms with Gasteiger partial charge in [-0.2, -0.15) is 5.26 Å². The number of ether oxygens (including phenoxy) is 2. The Hall–Kier alpha value is -2.99. The lowest BCUT2D eigenvalue weighted by Gasteiger charge is -2.28. The lowest BCUT2D eigenvalue weighted by molar-refractivity contribution is 0.0289. The van der Waals surface area contributed by atoms with E-state index in [1.54, 1.807) is 44.0 Å². The van der Waals surface area contributed by atoms with Crippen molar-refractivity contribution in [3.63, 3.8) is 0 Å². The molecule has 0 N–H and O–H groups in total. The van der Waals surface area contributed by atoms with Gasteiger partial charge in [-0.3, -0.25) is 0 Å².